The summed E-state index contributed by atoms with van der Waals surface area (Å²) >= 11 is 5.64. The molecule has 14 heavy (non-hydrogen) atoms. The van der Waals surface area contributed by atoms with E-state index in [1.807, 2.05) is 0 Å². The highest BCUT2D eigenvalue weighted by Crippen LogP contribution is 2.33. The fraction of sp³-hybridized carbons (Fsp3) is 0.333. The minimum absolute atomic E-state index is 0.195. The van der Waals surface area contributed by atoms with Crippen molar-refractivity contribution in [1.29, 1.82) is 0 Å². The van der Waals surface area contributed by atoms with Crippen molar-refractivity contribution in [3.63, 3.8) is 0 Å². The molecule has 1 aromatic carbocycles. The third kappa shape index (κ3) is 2.39. The molecule has 0 heterocycles. The Kier molecular flexibility index (Phi) is 3.07. The average Bonchev–Trinajstić information content (AvgIpc) is 2.07. The number of aliphatic hydroxyl groups excluding tert-OH is 1. The van der Waals surface area contributed by atoms with Gasteiger partial charge in [-0.15, -0.1) is 0 Å². The Labute approximate surface area is 84.1 Å². The number of halogens is 4. The molecule has 5 heteroatoms. The zero-order valence-electron chi connectivity index (χ0n) is 7.27. The first-order chi connectivity index (χ1) is 6.32. The maximum atomic E-state index is 12.1. The lowest BCUT2D eigenvalue weighted by Crippen LogP contribution is -2.20. The van der Waals surface area contributed by atoms with E-state index in [2.05, 4.69) is 0 Å². The monoisotopic (exact) mass is 224 g/mol. The van der Waals surface area contributed by atoms with Crippen LogP contribution in [0.15, 0.2) is 18.2 Å². The van der Waals surface area contributed by atoms with Gasteiger partial charge >= 0.3 is 6.18 Å². The summed E-state index contributed by atoms with van der Waals surface area (Å²) in [6.45, 7) is 1.58. The molecule has 0 aliphatic rings. The molecule has 0 unspecified atom stereocenters. The number of aliphatic hydroxyl groups is 1. The Bertz CT molecular complexity index is 335. The predicted octanol–water partition coefficient (Wildman–Crippen LogP) is 3.24. The maximum absolute atomic E-state index is 12.1. The molecule has 0 aliphatic heterocycles. The van der Waals surface area contributed by atoms with Crippen molar-refractivity contribution in [2.75, 3.05) is 0 Å². The molecule has 0 fully saturated rings. The van der Waals surface area contributed by atoms with E-state index in [9.17, 15) is 13.2 Å². The van der Waals surface area contributed by atoms with Crippen LogP contribution in [0.25, 0.3) is 0 Å². The van der Waals surface area contributed by atoms with Gasteiger partial charge in [0.25, 0.3) is 0 Å². The minimum atomic E-state index is -4.64. The van der Waals surface area contributed by atoms with Gasteiger partial charge in [-0.3, -0.25) is 0 Å². The molecule has 0 saturated carbocycles. The third-order valence-corrected chi connectivity index (χ3v) is 2.23. The van der Waals surface area contributed by atoms with E-state index in [4.69, 9.17) is 16.7 Å². The molecule has 0 saturated heterocycles. The van der Waals surface area contributed by atoms with Gasteiger partial charge in [0.05, 0.1) is 0 Å². The maximum Gasteiger partial charge on any atom is 0.418 e. The van der Waals surface area contributed by atoms with Crippen molar-refractivity contribution in [3.05, 3.63) is 34.3 Å². The summed E-state index contributed by atoms with van der Waals surface area (Å²) in [6, 6.07) is 3.72. The average molecular weight is 225 g/mol. The molecule has 0 radical (unpaired) electrons. The molecular weight excluding hydrogens is 217 g/mol. The van der Waals surface area contributed by atoms with Gasteiger partial charge in [0.15, 0.2) is 6.10 Å². The lowest BCUT2D eigenvalue weighted by molar-refractivity contribution is -0.206. The van der Waals surface area contributed by atoms with Crippen LogP contribution in [0, 0.1) is 6.92 Å². The van der Waals surface area contributed by atoms with E-state index < -0.39 is 12.3 Å². The van der Waals surface area contributed by atoms with Crippen molar-refractivity contribution in [1.82, 2.24) is 0 Å². The molecule has 1 N–H and O–H groups in total. The second-order valence-corrected chi connectivity index (χ2v) is 3.36. The first-order valence-electron chi connectivity index (χ1n) is 3.83. The summed E-state index contributed by atoms with van der Waals surface area (Å²) in [5.74, 6) is 0. The third-order valence-electron chi connectivity index (χ3n) is 1.81. The number of benzene rings is 1. The van der Waals surface area contributed by atoms with E-state index in [0.717, 1.165) is 6.07 Å². The molecule has 1 aromatic rings. The van der Waals surface area contributed by atoms with Gasteiger partial charge in [0.1, 0.15) is 0 Å². The Morgan fingerprint density at radius 1 is 1.36 bits per heavy atom. The smallest absolute Gasteiger partial charge is 0.379 e. The predicted molar refractivity (Wildman–Crippen MR) is 47.2 cm³/mol. The van der Waals surface area contributed by atoms with Gasteiger partial charge in [-0.2, -0.15) is 13.2 Å². The topological polar surface area (TPSA) is 20.2 Å². The lowest BCUT2D eigenvalue weighted by atomic mass is 10.1. The number of aryl methyl sites for hydroxylation is 1. The largest absolute Gasteiger partial charge is 0.418 e. The summed E-state index contributed by atoms with van der Waals surface area (Å²) in [6.07, 6.45) is -7.08. The normalized spacial score (nSPS) is 14.1. The van der Waals surface area contributed by atoms with Crippen LogP contribution in [0.2, 0.25) is 5.02 Å². The standard InChI is InChI=1S/C9H8ClF3O/c1-5-4-6(2-3-7(5)10)8(14)9(11,12)13/h2-4,8,14H,1H3/t8-/m0/s1. The van der Waals surface area contributed by atoms with Crippen LogP contribution in [0.3, 0.4) is 0 Å². The highest BCUT2D eigenvalue weighted by atomic mass is 35.5. The summed E-state index contributed by atoms with van der Waals surface area (Å²) in [7, 11) is 0. The van der Waals surface area contributed by atoms with Crippen LogP contribution in [0.1, 0.15) is 17.2 Å². The second-order valence-electron chi connectivity index (χ2n) is 2.95. The first-order valence-corrected chi connectivity index (χ1v) is 4.21. The molecule has 0 spiro atoms. The summed E-state index contributed by atoms with van der Waals surface area (Å²) in [5.41, 5.74) is 0.312. The van der Waals surface area contributed by atoms with E-state index >= 15 is 0 Å². The highest BCUT2D eigenvalue weighted by Gasteiger charge is 2.39. The van der Waals surface area contributed by atoms with Gasteiger partial charge in [-0.05, 0) is 24.1 Å². The molecule has 0 aliphatic carbocycles. The Morgan fingerprint density at radius 2 is 1.93 bits per heavy atom. The molecule has 1 nitrogen and oxygen atoms in total. The Hall–Kier alpha value is -0.740. The molecule has 1 atom stereocenters. The van der Waals surface area contributed by atoms with Crippen LogP contribution in [0.4, 0.5) is 13.2 Å². The molecule has 0 amide bonds. The van der Waals surface area contributed by atoms with E-state index in [1.165, 1.54) is 12.1 Å². The van der Waals surface area contributed by atoms with Crippen molar-refractivity contribution < 1.29 is 18.3 Å². The number of hydrogen-bond acceptors (Lipinski definition) is 1. The Morgan fingerprint density at radius 3 is 2.36 bits per heavy atom. The van der Waals surface area contributed by atoms with Gasteiger partial charge in [-0.25, -0.2) is 0 Å². The molecule has 0 aromatic heterocycles. The van der Waals surface area contributed by atoms with Gasteiger partial charge in [-0.1, -0.05) is 23.7 Å². The van der Waals surface area contributed by atoms with Gasteiger partial charge < -0.3 is 5.11 Å². The van der Waals surface area contributed by atoms with Crippen LogP contribution >= 0.6 is 11.6 Å². The summed E-state index contributed by atoms with van der Waals surface area (Å²) in [5, 5.41) is 9.28. The quantitative estimate of drug-likeness (QED) is 0.777. The van der Waals surface area contributed by atoms with Crippen LogP contribution < -0.4 is 0 Å². The lowest BCUT2D eigenvalue weighted by Gasteiger charge is -2.15. The van der Waals surface area contributed by atoms with E-state index in [1.54, 1.807) is 6.92 Å². The molecule has 78 valence electrons. The fourth-order valence-electron chi connectivity index (χ4n) is 1.03. The highest BCUT2D eigenvalue weighted by molar-refractivity contribution is 6.31. The second kappa shape index (κ2) is 3.79. The van der Waals surface area contributed by atoms with Crippen LogP contribution in [-0.4, -0.2) is 11.3 Å². The zero-order valence-corrected chi connectivity index (χ0v) is 8.02. The Balaban J connectivity index is 3.03. The van der Waals surface area contributed by atoms with Crippen molar-refractivity contribution in [2.24, 2.45) is 0 Å². The van der Waals surface area contributed by atoms with E-state index in [0.29, 0.717) is 10.6 Å². The number of hydrogen-bond donors (Lipinski definition) is 1. The van der Waals surface area contributed by atoms with Gasteiger partial charge in [0.2, 0.25) is 0 Å². The van der Waals surface area contributed by atoms with Gasteiger partial charge in [0, 0.05) is 5.02 Å². The van der Waals surface area contributed by atoms with Crippen LogP contribution in [0.5, 0.6) is 0 Å². The SMILES string of the molecule is Cc1cc([C@H](O)C(F)(F)F)ccc1Cl. The molecule has 1 rings (SSSR count). The minimum Gasteiger partial charge on any atom is -0.379 e. The van der Waals surface area contributed by atoms with Crippen molar-refractivity contribution in [3.8, 4) is 0 Å². The summed E-state index contributed by atoms with van der Waals surface area (Å²) < 4.78 is 36.3. The molecule has 0 bridgehead atoms. The molecular formula is C9H8ClF3O. The van der Waals surface area contributed by atoms with Crippen LogP contribution in [-0.2, 0) is 0 Å². The number of rotatable bonds is 1. The zero-order chi connectivity index (χ0) is 10.9. The van der Waals surface area contributed by atoms with Crippen molar-refractivity contribution >= 4 is 11.6 Å². The first kappa shape index (κ1) is 11.3. The summed E-state index contributed by atoms with van der Waals surface area (Å²) in [4.78, 5) is 0. The fourth-order valence-corrected chi connectivity index (χ4v) is 1.14. The van der Waals surface area contributed by atoms with Crippen molar-refractivity contribution in [2.45, 2.75) is 19.2 Å². The number of alkyl halides is 3. The van der Waals surface area contributed by atoms with E-state index in [-0.39, 0.29) is 5.56 Å².